The number of aldehydes is 1. The Morgan fingerprint density at radius 3 is 2.23 bits per heavy atom. The van der Waals surface area contributed by atoms with Crippen LogP contribution in [0.3, 0.4) is 0 Å². The van der Waals surface area contributed by atoms with Gasteiger partial charge in [-0.2, -0.15) is 13.2 Å². The van der Waals surface area contributed by atoms with Gasteiger partial charge in [0.15, 0.2) is 0 Å². The van der Waals surface area contributed by atoms with Crippen molar-refractivity contribution in [2.45, 2.75) is 25.2 Å². The van der Waals surface area contributed by atoms with Crippen molar-refractivity contribution in [3.8, 4) is 11.8 Å². The molecular formula is C22H18F3NO5. The highest BCUT2D eigenvalue weighted by Crippen LogP contribution is 2.32. The van der Waals surface area contributed by atoms with Gasteiger partial charge in [0, 0.05) is 11.1 Å². The number of alkyl carbamates (subject to hydrolysis) is 1. The third-order valence-electron chi connectivity index (χ3n) is 3.95. The fourth-order valence-corrected chi connectivity index (χ4v) is 2.35. The second-order valence-electron chi connectivity index (χ2n) is 6.14. The number of halogens is 3. The molecule has 1 atom stereocenters. The Morgan fingerprint density at radius 2 is 1.68 bits per heavy atom. The Hall–Kier alpha value is -3.80. The predicted molar refractivity (Wildman–Crippen MR) is 104 cm³/mol. The van der Waals surface area contributed by atoms with Crippen LogP contribution in [-0.4, -0.2) is 36.7 Å². The fraction of sp³-hybridized carbons (Fsp3) is 0.227. The predicted octanol–water partition coefficient (Wildman–Crippen LogP) is 3.64. The summed E-state index contributed by atoms with van der Waals surface area (Å²) in [4.78, 5) is 35.1. The number of rotatable bonds is 6. The van der Waals surface area contributed by atoms with Crippen LogP contribution in [-0.2, 0) is 20.9 Å². The van der Waals surface area contributed by atoms with E-state index >= 15 is 0 Å². The standard InChI is InChI=1S/C22H18F3NO5/c1-2-30-19(28)21(22(23,24)25,13-12-16-8-10-17(14-27)11-9-16)26-20(29)31-15-18-6-4-3-5-7-18/h3-11,14H,2,15H2,1H3,(H,26,29)/t21-/m0/s1. The quantitative estimate of drug-likeness (QED) is 0.427. The first-order valence-corrected chi connectivity index (χ1v) is 9.03. The second kappa shape index (κ2) is 10.3. The number of carbonyl (C=O) groups excluding carboxylic acids is 3. The Balaban J connectivity index is 2.36. The summed E-state index contributed by atoms with van der Waals surface area (Å²) in [5.41, 5.74) is -2.74. The molecule has 0 bridgehead atoms. The van der Waals surface area contributed by atoms with Gasteiger partial charge in [-0.3, -0.25) is 10.1 Å². The highest BCUT2D eigenvalue weighted by Gasteiger charge is 2.63. The molecule has 31 heavy (non-hydrogen) atoms. The van der Waals surface area contributed by atoms with Gasteiger partial charge in [-0.25, -0.2) is 9.59 Å². The van der Waals surface area contributed by atoms with Gasteiger partial charge in [-0.1, -0.05) is 48.4 Å². The minimum atomic E-state index is -5.32. The van der Waals surface area contributed by atoms with Crippen molar-refractivity contribution < 1.29 is 37.0 Å². The van der Waals surface area contributed by atoms with Crippen LogP contribution in [0.1, 0.15) is 28.4 Å². The van der Waals surface area contributed by atoms with Crippen LogP contribution in [0.25, 0.3) is 0 Å². The molecule has 0 heterocycles. The summed E-state index contributed by atoms with van der Waals surface area (Å²) in [6.45, 7) is 0.634. The molecule has 0 aliphatic rings. The lowest BCUT2D eigenvalue weighted by molar-refractivity contribution is -0.198. The van der Waals surface area contributed by atoms with E-state index in [1.54, 1.807) is 36.3 Å². The van der Waals surface area contributed by atoms with Gasteiger partial charge >= 0.3 is 18.2 Å². The van der Waals surface area contributed by atoms with Crippen molar-refractivity contribution in [2.24, 2.45) is 0 Å². The van der Waals surface area contributed by atoms with Crippen molar-refractivity contribution >= 4 is 18.3 Å². The molecule has 0 aliphatic carbocycles. The Kier molecular flexibility index (Phi) is 7.80. The average Bonchev–Trinajstić information content (AvgIpc) is 2.75. The summed E-state index contributed by atoms with van der Waals surface area (Å²) in [6, 6.07) is 13.6. The van der Waals surface area contributed by atoms with E-state index in [9.17, 15) is 27.6 Å². The molecule has 2 aromatic carbocycles. The normalized spacial score (nSPS) is 12.5. The molecule has 2 aromatic rings. The van der Waals surface area contributed by atoms with Crippen molar-refractivity contribution in [1.29, 1.82) is 0 Å². The third kappa shape index (κ3) is 6.09. The highest BCUT2D eigenvalue weighted by molar-refractivity contribution is 5.91. The zero-order valence-corrected chi connectivity index (χ0v) is 16.4. The topological polar surface area (TPSA) is 81.7 Å². The largest absolute Gasteiger partial charge is 0.463 e. The molecule has 162 valence electrons. The van der Waals surface area contributed by atoms with Gasteiger partial charge in [0.1, 0.15) is 12.9 Å². The number of hydrogen-bond donors (Lipinski definition) is 1. The molecule has 0 aromatic heterocycles. The zero-order valence-electron chi connectivity index (χ0n) is 16.4. The van der Waals surface area contributed by atoms with Crippen LogP contribution in [0, 0.1) is 11.8 Å². The van der Waals surface area contributed by atoms with Crippen LogP contribution in [0.15, 0.2) is 54.6 Å². The Labute approximate surface area is 176 Å². The van der Waals surface area contributed by atoms with Crippen molar-refractivity contribution in [2.75, 3.05) is 6.61 Å². The summed E-state index contributed by atoms with van der Waals surface area (Å²) in [6.07, 6.45) is -6.26. The zero-order chi connectivity index (χ0) is 22.9. The number of alkyl halides is 3. The van der Waals surface area contributed by atoms with Crippen molar-refractivity contribution in [1.82, 2.24) is 5.32 Å². The monoisotopic (exact) mass is 433 g/mol. The number of nitrogens with one attached hydrogen (secondary N) is 1. The number of esters is 1. The lowest BCUT2D eigenvalue weighted by Gasteiger charge is -2.29. The first-order valence-electron chi connectivity index (χ1n) is 9.03. The van der Waals surface area contributed by atoms with Gasteiger partial charge in [-0.05, 0) is 30.5 Å². The summed E-state index contributed by atoms with van der Waals surface area (Å²) in [7, 11) is 0. The van der Waals surface area contributed by atoms with E-state index in [1.165, 1.54) is 36.5 Å². The molecule has 1 N–H and O–H groups in total. The summed E-state index contributed by atoms with van der Waals surface area (Å²) >= 11 is 0. The summed E-state index contributed by atoms with van der Waals surface area (Å²) in [5, 5.41) is 1.53. The molecule has 0 unspecified atom stereocenters. The van der Waals surface area contributed by atoms with Gasteiger partial charge in [-0.15, -0.1) is 0 Å². The van der Waals surface area contributed by atoms with E-state index in [4.69, 9.17) is 4.74 Å². The lowest BCUT2D eigenvalue weighted by atomic mass is 9.99. The molecule has 0 aliphatic heterocycles. The number of ether oxygens (including phenoxy) is 2. The molecular weight excluding hydrogens is 415 g/mol. The summed E-state index contributed by atoms with van der Waals surface area (Å²) in [5.74, 6) is 2.20. The molecule has 0 fully saturated rings. The fourth-order valence-electron chi connectivity index (χ4n) is 2.35. The number of carbonyl (C=O) groups is 3. The second-order valence-corrected chi connectivity index (χ2v) is 6.14. The number of amides is 1. The van der Waals surface area contributed by atoms with Gasteiger partial charge in [0.05, 0.1) is 6.61 Å². The average molecular weight is 433 g/mol. The minimum absolute atomic E-state index is 0.0861. The van der Waals surface area contributed by atoms with E-state index in [-0.39, 0.29) is 18.8 Å². The first-order chi connectivity index (χ1) is 14.7. The maximum absolute atomic E-state index is 14.0. The van der Waals surface area contributed by atoms with Crippen LogP contribution in [0.2, 0.25) is 0 Å². The highest BCUT2D eigenvalue weighted by atomic mass is 19.4. The van der Waals surface area contributed by atoms with Crippen LogP contribution in [0.4, 0.5) is 18.0 Å². The van der Waals surface area contributed by atoms with Crippen molar-refractivity contribution in [3.63, 3.8) is 0 Å². The SMILES string of the molecule is CCOC(=O)[C@](C#Cc1ccc(C=O)cc1)(NC(=O)OCc1ccccc1)C(F)(F)F. The van der Waals surface area contributed by atoms with Gasteiger partial charge < -0.3 is 9.47 Å². The molecule has 6 nitrogen and oxygen atoms in total. The number of hydrogen-bond acceptors (Lipinski definition) is 5. The smallest absolute Gasteiger partial charge is 0.434 e. The molecule has 1 amide bonds. The third-order valence-corrected chi connectivity index (χ3v) is 3.95. The van der Waals surface area contributed by atoms with Crippen LogP contribution >= 0.6 is 0 Å². The first kappa shape index (κ1) is 23.5. The molecule has 0 saturated heterocycles. The Morgan fingerprint density at radius 1 is 1.03 bits per heavy atom. The molecule has 9 heteroatoms. The van der Waals surface area contributed by atoms with E-state index in [2.05, 4.69) is 10.7 Å². The van der Waals surface area contributed by atoms with E-state index in [0.29, 0.717) is 17.4 Å². The van der Waals surface area contributed by atoms with E-state index < -0.39 is 23.8 Å². The maximum atomic E-state index is 14.0. The molecule has 0 saturated carbocycles. The molecule has 0 radical (unpaired) electrons. The van der Waals surface area contributed by atoms with Gasteiger partial charge in [0.25, 0.3) is 5.54 Å². The van der Waals surface area contributed by atoms with Crippen LogP contribution < -0.4 is 5.32 Å². The lowest BCUT2D eigenvalue weighted by Crippen LogP contribution is -2.63. The maximum Gasteiger partial charge on any atom is 0.434 e. The summed E-state index contributed by atoms with van der Waals surface area (Å²) < 4.78 is 51.3. The minimum Gasteiger partial charge on any atom is -0.463 e. The van der Waals surface area contributed by atoms with E-state index in [0.717, 1.165) is 0 Å². The Bertz CT molecular complexity index is 978. The van der Waals surface area contributed by atoms with Crippen LogP contribution in [0.5, 0.6) is 0 Å². The van der Waals surface area contributed by atoms with Crippen molar-refractivity contribution in [3.05, 3.63) is 71.3 Å². The van der Waals surface area contributed by atoms with Gasteiger partial charge in [0.2, 0.25) is 0 Å². The van der Waals surface area contributed by atoms with E-state index in [1.807, 2.05) is 0 Å². The molecule has 2 rings (SSSR count). The molecule has 0 spiro atoms. The number of benzene rings is 2.